The fourth-order valence-electron chi connectivity index (χ4n) is 2.62. The molecule has 0 atom stereocenters. The first-order chi connectivity index (χ1) is 9.81. The smallest absolute Gasteiger partial charge is 0.147 e. The van der Waals surface area contributed by atoms with E-state index >= 15 is 0 Å². The Kier molecular flexibility index (Phi) is 4.87. The van der Waals surface area contributed by atoms with Crippen LogP contribution in [0.15, 0.2) is 12.4 Å². The minimum atomic E-state index is 0.103. The van der Waals surface area contributed by atoms with Crippen molar-refractivity contribution in [2.24, 2.45) is 5.41 Å². The topological polar surface area (TPSA) is 41.1 Å². The molecule has 1 aromatic heterocycles. The van der Waals surface area contributed by atoms with Gasteiger partial charge in [0.2, 0.25) is 0 Å². The fraction of sp³-hybridized carbons (Fsp3) is 0.765. The number of nitrogens with zero attached hydrogens (tertiary/aromatic N) is 3. The van der Waals surface area contributed by atoms with Crippen molar-refractivity contribution in [3.05, 3.63) is 18.1 Å². The van der Waals surface area contributed by atoms with Crippen molar-refractivity contribution in [1.82, 2.24) is 15.3 Å². The Morgan fingerprint density at radius 1 is 1.24 bits per heavy atom. The summed E-state index contributed by atoms with van der Waals surface area (Å²) in [5, 5.41) is 3.47. The van der Waals surface area contributed by atoms with Gasteiger partial charge in [0, 0.05) is 31.4 Å². The van der Waals surface area contributed by atoms with E-state index in [-0.39, 0.29) is 5.54 Å². The predicted octanol–water partition coefficient (Wildman–Crippen LogP) is 3.38. The van der Waals surface area contributed by atoms with Gasteiger partial charge in [0.15, 0.2) is 0 Å². The van der Waals surface area contributed by atoms with Gasteiger partial charge in [-0.25, -0.2) is 4.98 Å². The van der Waals surface area contributed by atoms with Gasteiger partial charge in [0.05, 0.1) is 11.9 Å². The second kappa shape index (κ2) is 6.30. The van der Waals surface area contributed by atoms with E-state index in [4.69, 9.17) is 4.98 Å². The van der Waals surface area contributed by atoms with E-state index in [9.17, 15) is 0 Å². The van der Waals surface area contributed by atoms with Crippen LogP contribution in [0.3, 0.4) is 0 Å². The predicted molar refractivity (Wildman–Crippen MR) is 88.5 cm³/mol. The highest BCUT2D eigenvalue weighted by molar-refractivity contribution is 5.37. The Hall–Kier alpha value is -1.16. The molecular weight excluding hydrogens is 260 g/mol. The Balaban J connectivity index is 1.98. The van der Waals surface area contributed by atoms with Crippen molar-refractivity contribution in [3.8, 4) is 0 Å². The van der Waals surface area contributed by atoms with Crippen molar-refractivity contribution in [1.29, 1.82) is 0 Å². The molecule has 0 aliphatic carbocycles. The van der Waals surface area contributed by atoms with Gasteiger partial charge in [-0.1, -0.05) is 20.3 Å². The molecule has 1 aliphatic heterocycles. The number of piperidine rings is 1. The summed E-state index contributed by atoms with van der Waals surface area (Å²) in [6.07, 6.45) is 7.52. The van der Waals surface area contributed by atoms with Crippen molar-refractivity contribution >= 4 is 5.82 Å². The molecular formula is C17H30N4. The lowest BCUT2D eigenvalue weighted by Crippen LogP contribution is -2.39. The van der Waals surface area contributed by atoms with Crippen molar-refractivity contribution in [2.75, 3.05) is 18.0 Å². The molecule has 0 saturated carbocycles. The molecule has 2 rings (SSSR count). The van der Waals surface area contributed by atoms with Crippen LogP contribution in [0.4, 0.5) is 5.82 Å². The van der Waals surface area contributed by atoms with Crippen LogP contribution >= 0.6 is 0 Å². The molecule has 4 heteroatoms. The zero-order valence-corrected chi connectivity index (χ0v) is 14.2. The molecule has 0 amide bonds. The maximum Gasteiger partial charge on any atom is 0.147 e. The van der Waals surface area contributed by atoms with Crippen LogP contribution in [0, 0.1) is 5.41 Å². The first-order valence-corrected chi connectivity index (χ1v) is 8.12. The molecule has 0 aromatic carbocycles. The maximum absolute atomic E-state index is 4.77. The summed E-state index contributed by atoms with van der Waals surface area (Å²) in [5.74, 6) is 1.03. The minimum Gasteiger partial charge on any atom is -0.355 e. The number of hydrogen-bond acceptors (Lipinski definition) is 4. The highest BCUT2D eigenvalue weighted by Crippen LogP contribution is 2.35. The summed E-state index contributed by atoms with van der Waals surface area (Å²) in [6, 6.07) is 0. The number of anilines is 1. The van der Waals surface area contributed by atoms with Crippen LogP contribution < -0.4 is 10.2 Å². The molecule has 2 heterocycles. The highest BCUT2D eigenvalue weighted by Gasteiger charge is 2.28. The molecule has 1 N–H and O–H groups in total. The molecule has 0 bridgehead atoms. The highest BCUT2D eigenvalue weighted by atomic mass is 15.2. The summed E-state index contributed by atoms with van der Waals surface area (Å²) >= 11 is 0. The quantitative estimate of drug-likeness (QED) is 0.923. The van der Waals surface area contributed by atoms with Crippen molar-refractivity contribution in [3.63, 3.8) is 0 Å². The Bertz CT molecular complexity index is 456. The van der Waals surface area contributed by atoms with Gasteiger partial charge in [-0.05, 0) is 39.0 Å². The molecule has 1 aromatic rings. The third kappa shape index (κ3) is 4.67. The van der Waals surface area contributed by atoms with Gasteiger partial charge in [0.1, 0.15) is 5.82 Å². The van der Waals surface area contributed by atoms with E-state index in [1.165, 1.54) is 19.3 Å². The Morgan fingerprint density at radius 2 is 1.90 bits per heavy atom. The molecule has 0 spiro atoms. The van der Waals surface area contributed by atoms with Crippen LogP contribution in [0.2, 0.25) is 0 Å². The fourth-order valence-corrected chi connectivity index (χ4v) is 2.62. The summed E-state index contributed by atoms with van der Waals surface area (Å²) in [5.41, 5.74) is 1.63. The normalized spacial score (nSPS) is 18.8. The first-order valence-electron chi connectivity index (χ1n) is 8.12. The van der Waals surface area contributed by atoms with Gasteiger partial charge in [0.25, 0.3) is 0 Å². The Morgan fingerprint density at radius 3 is 2.48 bits per heavy atom. The van der Waals surface area contributed by atoms with E-state index < -0.39 is 0 Å². The number of nitrogens with one attached hydrogen (secondary N) is 1. The largest absolute Gasteiger partial charge is 0.355 e. The summed E-state index contributed by atoms with van der Waals surface area (Å²) in [6.45, 7) is 14.2. The van der Waals surface area contributed by atoms with Crippen molar-refractivity contribution < 1.29 is 0 Å². The number of hydrogen-bond donors (Lipinski definition) is 1. The van der Waals surface area contributed by atoms with Crippen LogP contribution in [0.1, 0.15) is 59.6 Å². The van der Waals surface area contributed by atoms with Crippen LogP contribution in [0.5, 0.6) is 0 Å². The summed E-state index contributed by atoms with van der Waals surface area (Å²) in [4.78, 5) is 11.5. The maximum atomic E-state index is 4.77. The van der Waals surface area contributed by atoms with E-state index in [1.807, 2.05) is 12.4 Å². The average molecular weight is 290 g/mol. The summed E-state index contributed by atoms with van der Waals surface area (Å²) in [7, 11) is 0. The van der Waals surface area contributed by atoms with Gasteiger partial charge in [-0.2, -0.15) is 0 Å². The third-order valence-corrected chi connectivity index (χ3v) is 4.62. The van der Waals surface area contributed by atoms with E-state index in [0.29, 0.717) is 5.41 Å². The molecule has 1 saturated heterocycles. The van der Waals surface area contributed by atoms with Gasteiger partial charge in [-0.3, -0.25) is 4.98 Å². The minimum absolute atomic E-state index is 0.103. The van der Waals surface area contributed by atoms with Gasteiger partial charge in [-0.15, -0.1) is 0 Å². The Labute approximate surface area is 129 Å². The zero-order chi connectivity index (χ0) is 15.5. The van der Waals surface area contributed by atoms with Gasteiger partial charge >= 0.3 is 0 Å². The molecule has 1 aliphatic rings. The monoisotopic (exact) mass is 290 g/mol. The second-order valence-corrected chi connectivity index (χ2v) is 7.62. The molecule has 21 heavy (non-hydrogen) atoms. The molecule has 0 unspecified atom stereocenters. The SMILES string of the molecule is CCC1(C)CCN(c2cncc(CNC(C)(C)C)n2)CC1. The van der Waals surface area contributed by atoms with Crippen LogP contribution in [-0.2, 0) is 6.54 Å². The second-order valence-electron chi connectivity index (χ2n) is 7.62. The average Bonchev–Trinajstić information content (AvgIpc) is 2.46. The summed E-state index contributed by atoms with van der Waals surface area (Å²) < 4.78 is 0. The molecule has 0 radical (unpaired) electrons. The van der Waals surface area contributed by atoms with E-state index in [0.717, 1.165) is 31.1 Å². The van der Waals surface area contributed by atoms with Crippen LogP contribution in [0.25, 0.3) is 0 Å². The number of aromatic nitrogens is 2. The molecule has 118 valence electrons. The zero-order valence-electron chi connectivity index (χ0n) is 14.2. The molecule has 1 fully saturated rings. The van der Waals surface area contributed by atoms with E-state index in [1.54, 1.807) is 0 Å². The lowest BCUT2D eigenvalue weighted by Gasteiger charge is -2.39. The van der Waals surface area contributed by atoms with Gasteiger partial charge < -0.3 is 10.2 Å². The van der Waals surface area contributed by atoms with Crippen LogP contribution in [-0.4, -0.2) is 28.6 Å². The molecule has 4 nitrogen and oxygen atoms in total. The first kappa shape index (κ1) is 16.2. The van der Waals surface area contributed by atoms with E-state index in [2.05, 4.69) is 49.8 Å². The number of rotatable bonds is 4. The lowest BCUT2D eigenvalue weighted by molar-refractivity contribution is 0.237. The third-order valence-electron chi connectivity index (χ3n) is 4.62. The standard InChI is InChI=1S/C17H30N4/c1-6-17(5)7-9-21(10-8-17)15-13-18-11-14(20-15)12-19-16(2,3)4/h11,13,19H,6-10,12H2,1-5H3. The lowest BCUT2D eigenvalue weighted by atomic mass is 9.78. The van der Waals surface area contributed by atoms with Crippen molar-refractivity contribution in [2.45, 2.75) is 66.0 Å².